The average molecular weight is 368 g/mol. The fourth-order valence-corrected chi connectivity index (χ4v) is 2.97. The van der Waals surface area contributed by atoms with Gasteiger partial charge in [0.2, 0.25) is 0 Å². The molecule has 2 heterocycles. The van der Waals surface area contributed by atoms with Gasteiger partial charge in [0.15, 0.2) is 0 Å². The van der Waals surface area contributed by atoms with Gasteiger partial charge in [0, 0.05) is 27.5 Å². The van der Waals surface area contributed by atoms with Gasteiger partial charge in [-0.25, -0.2) is 4.98 Å². The van der Waals surface area contributed by atoms with Crippen molar-refractivity contribution in [2.45, 2.75) is 0 Å². The number of aromatic nitrogens is 2. The minimum Gasteiger partial charge on any atom is -0.307 e. The van der Waals surface area contributed by atoms with Gasteiger partial charge < -0.3 is 4.57 Å². The molecule has 0 radical (unpaired) electrons. The summed E-state index contributed by atoms with van der Waals surface area (Å²) in [5.74, 6) is 0.954. The molecule has 4 rings (SSSR count). The summed E-state index contributed by atoms with van der Waals surface area (Å²) in [5, 5.41) is 4.86. The number of hydrogen-bond donors (Lipinski definition) is 0. The highest BCUT2D eigenvalue weighted by Crippen LogP contribution is 2.22. The highest BCUT2D eigenvalue weighted by Gasteiger charge is 2.03. The van der Waals surface area contributed by atoms with Gasteiger partial charge in [-0.2, -0.15) is 0 Å². The van der Waals surface area contributed by atoms with E-state index in [-0.39, 0.29) is 0 Å². The first-order valence-electron chi connectivity index (χ1n) is 6.42. The van der Waals surface area contributed by atoms with Gasteiger partial charge in [-0.05, 0) is 56.9 Å². The van der Waals surface area contributed by atoms with Crippen LogP contribution in [0.4, 0.5) is 0 Å². The van der Waals surface area contributed by atoms with E-state index in [1.165, 1.54) is 25.1 Å². The van der Waals surface area contributed by atoms with E-state index in [0.717, 1.165) is 5.82 Å². The van der Waals surface area contributed by atoms with Crippen LogP contribution < -0.4 is 0 Å². The first kappa shape index (κ1) is 11.9. The molecule has 20 heavy (non-hydrogen) atoms. The number of hydrogen-bond acceptors (Lipinski definition) is 1. The van der Waals surface area contributed by atoms with Gasteiger partial charge in [0.25, 0.3) is 0 Å². The largest absolute Gasteiger partial charge is 0.307 e. The molecular weight excluding hydrogens is 357 g/mol. The van der Waals surface area contributed by atoms with Crippen molar-refractivity contribution in [3.05, 3.63) is 70.7 Å². The van der Waals surface area contributed by atoms with Crippen LogP contribution in [0.1, 0.15) is 0 Å². The summed E-state index contributed by atoms with van der Waals surface area (Å²) in [5.41, 5.74) is 0. The number of rotatable bonds is 1. The number of pyridine rings is 1. The minimum absolute atomic E-state index is 0.954. The van der Waals surface area contributed by atoms with Gasteiger partial charge in [0.05, 0.1) is 0 Å². The monoisotopic (exact) mass is 368 g/mol. The maximum atomic E-state index is 4.56. The second kappa shape index (κ2) is 4.59. The van der Waals surface area contributed by atoms with Crippen molar-refractivity contribution in [1.29, 1.82) is 0 Å². The molecule has 0 atom stereocenters. The molecule has 96 valence electrons. The molecule has 2 aromatic carbocycles. The van der Waals surface area contributed by atoms with Crippen LogP contribution in [0.3, 0.4) is 0 Å². The summed E-state index contributed by atoms with van der Waals surface area (Å²) in [6, 6.07) is 16.9. The topological polar surface area (TPSA) is 17.8 Å². The molecule has 0 saturated heterocycles. The lowest BCUT2D eigenvalue weighted by atomic mass is 10.2. The standard InChI is InChI=1S/C17H11IN2/c18-16-6-5-12-9-19-17(8-15(12)7-16)20-10-13-3-1-2-4-14(13)11-20/h1-11H/i18-2. The molecule has 0 bridgehead atoms. The minimum atomic E-state index is 0.954. The van der Waals surface area contributed by atoms with Crippen LogP contribution in [0.15, 0.2) is 67.1 Å². The molecule has 2 aromatic heterocycles. The van der Waals surface area contributed by atoms with Crippen LogP contribution in [0, 0.1) is 3.57 Å². The molecule has 3 heteroatoms. The van der Waals surface area contributed by atoms with Crippen molar-refractivity contribution in [3.63, 3.8) is 0 Å². The zero-order valence-corrected chi connectivity index (χ0v) is 12.8. The number of fused-ring (bicyclic) bond motifs is 2. The van der Waals surface area contributed by atoms with Gasteiger partial charge in [0.1, 0.15) is 5.82 Å². The average Bonchev–Trinajstić information content (AvgIpc) is 2.90. The number of halogens is 1. The first-order valence-corrected chi connectivity index (χ1v) is 7.50. The van der Waals surface area contributed by atoms with E-state index >= 15 is 0 Å². The fourth-order valence-electron chi connectivity index (χ4n) is 2.46. The molecule has 0 saturated carbocycles. The van der Waals surface area contributed by atoms with Gasteiger partial charge >= 0.3 is 0 Å². The Balaban J connectivity index is 1.92. The number of nitrogens with zero attached hydrogens (tertiary/aromatic N) is 2. The van der Waals surface area contributed by atoms with E-state index in [1.54, 1.807) is 0 Å². The molecule has 0 fully saturated rings. The van der Waals surface area contributed by atoms with Crippen LogP contribution in [0.25, 0.3) is 27.4 Å². The highest BCUT2D eigenvalue weighted by molar-refractivity contribution is 14.1. The van der Waals surface area contributed by atoms with Gasteiger partial charge in [-0.3, -0.25) is 0 Å². The first-order chi connectivity index (χ1) is 9.79. The molecule has 0 amide bonds. The lowest BCUT2D eigenvalue weighted by Crippen LogP contribution is -1.93. The SMILES string of the molecule is [125I]c1ccc2cnc(-n3cc4ccccc4c3)cc2c1. The van der Waals surface area contributed by atoms with Crippen LogP contribution in [-0.2, 0) is 0 Å². The van der Waals surface area contributed by atoms with E-state index < -0.39 is 0 Å². The Morgan fingerprint density at radius 1 is 0.800 bits per heavy atom. The Hall–Kier alpha value is -1.88. The van der Waals surface area contributed by atoms with E-state index in [4.69, 9.17) is 0 Å². The third kappa shape index (κ3) is 1.98. The van der Waals surface area contributed by atoms with Crippen LogP contribution in [-0.4, -0.2) is 9.55 Å². The summed E-state index contributed by atoms with van der Waals surface area (Å²) >= 11 is 2.34. The van der Waals surface area contributed by atoms with Crippen LogP contribution in [0.2, 0.25) is 0 Å². The molecule has 2 nitrogen and oxygen atoms in total. The van der Waals surface area contributed by atoms with E-state index in [9.17, 15) is 0 Å². The highest BCUT2D eigenvalue weighted by atomic mass is 125. The van der Waals surface area contributed by atoms with E-state index in [2.05, 4.69) is 93.1 Å². The zero-order valence-electron chi connectivity index (χ0n) is 10.6. The second-order valence-corrected chi connectivity index (χ2v) is 6.07. The fraction of sp³-hybridized carbons (Fsp3) is 0. The molecule has 0 aliphatic carbocycles. The maximum Gasteiger partial charge on any atom is 0.137 e. The maximum absolute atomic E-state index is 4.56. The predicted molar refractivity (Wildman–Crippen MR) is 91.3 cm³/mol. The summed E-state index contributed by atoms with van der Waals surface area (Å²) in [7, 11) is 0. The van der Waals surface area contributed by atoms with Gasteiger partial charge in [-0.15, -0.1) is 0 Å². The molecule has 4 aromatic rings. The normalized spacial score (nSPS) is 11.2. The van der Waals surface area contributed by atoms with Crippen molar-refractivity contribution >= 4 is 44.1 Å². The Kier molecular flexibility index (Phi) is 2.73. The Morgan fingerprint density at radius 3 is 2.30 bits per heavy atom. The van der Waals surface area contributed by atoms with Crippen molar-refractivity contribution in [1.82, 2.24) is 9.55 Å². The van der Waals surface area contributed by atoms with Crippen molar-refractivity contribution in [3.8, 4) is 5.82 Å². The quantitative estimate of drug-likeness (QED) is 0.442. The molecule has 0 aliphatic heterocycles. The number of benzene rings is 2. The lowest BCUT2D eigenvalue weighted by molar-refractivity contribution is 1.02. The predicted octanol–water partition coefficient (Wildman–Crippen LogP) is 4.78. The third-order valence-corrected chi connectivity index (χ3v) is 4.16. The Morgan fingerprint density at radius 2 is 1.55 bits per heavy atom. The smallest absolute Gasteiger partial charge is 0.137 e. The van der Waals surface area contributed by atoms with E-state index in [1.807, 2.05) is 6.20 Å². The molecule has 0 N–H and O–H groups in total. The Bertz CT molecular complexity index is 891. The van der Waals surface area contributed by atoms with Crippen LogP contribution >= 0.6 is 22.6 Å². The molecule has 0 aliphatic rings. The van der Waals surface area contributed by atoms with Gasteiger partial charge in [-0.1, -0.05) is 30.3 Å². The van der Waals surface area contributed by atoms with Crippen molar-refractivity contribution in [2.75, 3.05) is 0 Å². The summed E-state index contributed by atoms with van der Waals surface area (Å²) < 4.78 is 3.33. The summed E-state index contributed by atoms with van der Waals surface area (Å²) in [6.07, 6.45) is 6.18. The molecule has 0 spiro atoms. The van der Waals surface area contributed by atoms with E-state index in [0.29, 0.717) is 0 Å². The third-order valence-electron chi connectivity index (χ3n) is 3.49. The summed E-state index contributed by atoms with van der Waals surface area (Å²) in [6.45, 7) is 0. The molecular formula is C17H11IN2. The second-order valence-electron chi connectivity index (χ2n) is 4.83. The lowest BCUT2D eigenvalue weighted by Gasteiger charge is -2.04. The van der Waals surface area contributed by atoms with Crippen molar-refractivity contribution < 1.29 is 0 Å². The Labute approximate surface area is 130 Å². The summed E-state index contributed by atoms with van der Waals surface area (Å²) in [4.78, 5) is 4.56. The van der Waals surface area contributed by atoms with Crippen molar-refractivity contribution in [2.24, 2.45) is 0 Å². The molecule has 0 unspecified atom stereocenters. The zero-order chi connectivity index (χ0) is 13.5. The van der Waals surface area contributed by atoms with Crippen LogP contribution in [0.5, 0.6) is 0 Å².